The van der Waals surface area contributed by atoms with Gasteiger partial charge in [-0.15, -0.1) is 0 Å². The molecule has 0 radical (unpaired) electrons. The van der Waals surface area contributed by atoms with Gasteiger partial charge in [-0.25, -0.2) is 0 Å². The predicted molar refractivity (Wildman–Crippen MR) is 125 cm³/mol. The maximum absolute atomic E-state index is 9.61. The van der Waals surface area contributed by atoms with Crippen molar-refractivity contribution in [2.24, 2.45) is 10.9 Å². The third kappa shape index (κ3) is 4.82. The third-order valence-corrected chi connectivity index (χ3v) is 5.81. The molecular weight excluding hydrogens is 368 g/mol. The Morgan fingerprint density at radius 1 is 1.20 bits per heavy atom. The van der Waals surface area contributed by atoms with Crippen molar-refractivity contribution in [1.82, 2.24) is 0 Å². The van der Waals surface area contributed by atoms with Crippen molar-refractivity contribution in [2.75, 3.05) is 0 Å². The summed E-state index contributed by atoms with van der Waals surface area (Å²) in [6, 6.07) is 14.7. The molecule has 0 saturated carbocycles. The van der Waals surface area contributed by atoms with E-state index in [4.69, 9.17) is 9.73 Å². The molecule has 0 aromatic heterocycles. The molecule has 3 nitrogen and oxygen atoms in total. The summed E-state index contributed by atoms with van der Waals surface area (Å²) in [5, 5.41) is 9.61. The van der Waals surface area contributed by atoms with Gasteiger partial charge in [0.25, 0.3) is 0 Å². The molecule has 2 aromatic rings. The van der Waals surface area contributed by atoms with Gasteiger partial charge in [0, 0.05) is 6.20 Å². The normalized spacial score (nSPS) is 15.1. The quantitative estimate of drug-likeness (QED) is 0.484. The Balaban J connectivity index is 1.99. The fourth-order valence-electron chi connectivity index (χ4n) is 4.04. The van der Waals surface area contributed by atoms with Gasteiger partial charge in [-0.3, -0.25) is 4.99 Å². The number of hydrogen-bond acceptors (Lipinski definition) is 3. The lowest BCUT2D eigenvalue weighted by Gasteiger charge is -2.16. The van der Waals surface area contributed by atoms with E-state index in [1.807, 2.05) is 38.2 Å². The zero-order valence-corrected chi connectivity index (χ0v) is 18.8. The molecule has 3 heteroatoms. The summed E-state index contributed by atoms with van der Waals surface area (Å²) in [6.07, 6.45) is 6.59. The van der Waals surface area contributed by atoms with Crippen LogP contribution in [0.4, 0.5) is 0 Å². The van der Waals surface area contributed by atoms with Crippen LogP contribution >= 0.6 is 0 Å². The van der Waals surface area contributed by atoms with Crippen molar-refractivity contribution in [3.8, 4) is 11.8 Å². The number of hydrogen-bond donors (Lipinski definition) is 0. The highest BCUT2D eigenvalue weighted by Gasteiger charge is 2.16. The average molecular weight is 401 g/mol. The number of fused-ring (bicyclic) bond motifs is 1. The molecule has 2 aromatic carbocycles. The van der Waals surface area contributed by atoms with E-state index < -0.39 is 0 Å². The van der Waals surface area contributed by atoms with Gasteiger partial charge in [0.15, 0.2) is 0 Å². The second kappa shape index (κ2) is 9.76. The number of benzene rings is 2. The van der Waals surface area contributed by atoms with E-state index in [0.29, 0.717) is 17.2 Å². The van der Waals surface area contributed by atoms with E-state index in [-0.39, 0.29) is 6.10 Å². The lowest BCUT2D eigenvalue weighted by atomic mass is 9.94. The maximum Gasteiger partial charge on any atom is 0.137 e. The van der Waals surface area contributed by atoms with E-state index in [1.165, 1.54) is 35.1 Å². The zero-order chi connectivity index (χ0) is 21.7. The van der Waals surface area contributed by atoms with Crippen LogP contribution in [-0.2, 0) is 12.8 Å². The number of aliphatic imine (C=N–C) groups is 1. The molecule has 0 amide bonds. The molecule has 1 atom stereocenters. The minimum atomic E-state index is 0.0313. The molecule has 0 spiro atoms. The predicted octanol–water partition coefficient (Wildman–Crippen LogP) is 6.73. The van der Waals surface area contributed by atoms with E-state index in [0.717, 1.165) is 24.1 Å². The van der Waals surface area contributed by atoms with Gasteiger partial charge < -0.3 is 4.74 Å². The Morgan fingerprint density at radius 2 is 2.00 bits per heavy atom. The van der Waals surface area contributed by atoms with Gasteiger partial charge >= 0.3 is 0 Å². The fraction of sp³-hybridized carbons (Fsp3) is 0.407. The van der Waals surface area contributed by atoms with Gasteiger partial charge in [0.2, 0.25) is 0 Å². The van der Waals surface area contributed by atoms with Crippen LogP contribution in [0.2, 0.25) is 0 Å². The van der Waals surface area contributed by atoms with Crippen LogP contribution in [0.25, 0.3) is 5.57 Å². The Labute approximate surface area is 181 Å². The molecule has 0 N–H and O–H groups in total. The van der Waals surface area contributed by atoms with Crippen LogP contribution in [0.5, 0.6) is 5.75 Å². The number of rotatable bonds is 7. The lowest BCUT2D eigenvalue weighted by Crippen LogP contribution is -2.13. The second-order valence-electron chi connectivity index (χ2n) is 8.42. The summed E-state index contributed by atoms with van der Waals surface area (Å²) in [5.41, 5.74) is 8.01. The number of nitriles is 1. The van der Waals surface area contributed by atoms with E-state index in [1.54, 1.807) is 0 Å². The molecular formula is C27H32N2O. The molecule has 30 heavy (non-hydrogen) atoms. The number of ether oxygens (including phenoxy) is 1. The Hall–Kier alpha value is -2.86. The lowest BCUT2D eigenvalue weighted by molar-refractivity contribution is 0.241. The van der Waals surface area contributed by atoms with Crippen LogP contribution in [0.1, 0.15) is 75.3 Å². The molecule has 0 saturated heterocycles. The van der Waals surface area contributed by atoms with Crippen molar-refractivity contribution in [3.05, 3.63) is 70.4 Å². The molecule has 3 rings (SSSR count). The van der Waals surface area contributed by atoms with Crippen LogP contribution in [0, 0.1) is 17.2 Å². The minimum Gasteiger partial charge on any atom is -0.490 e. The highest BCUT2D eigenvalue weighted by molar-refractivity contribution is 6.03. The van der Waals surface area contributed by atoms with E-state index in [2.05, 4.69) is 45.0 Å². The fourth-order valence-corrected chi connectivity index (χ4v) is 4.04. The van der Waals surface area contributed by atoms with Crippen molar-refractivity contribution in [1.29, 1.82) is 5.26 Å². The molecule has 1 unspecified atom stereocenters. The SMILES string of the molecule is CCC(C)C(=N/C=C(\C)c1cccc2c1CCC2)c1ccc(OC(C)C)c(C#N)c1. The van der Waals surface area contributed by atoms with Gasteiger partial charge in [-0.2, -0.15) is 5.26 Å². The summed E-state index contributed by atoms with van der Waals surface area (Å²) in [5.74, 6) is 0.922. The summed E-state index contributed by atoms with van der Waals surface area (Å²) < 4.78 is 5.78. The first-order valence-corrected chi connectivity index (χ1v) is 11.0. The van der Waals surface area contributed by atoms with Crippen LogP contribution in [-0.4, -0.2) is 11.8 Å². The summed E-state index contributed by atoms with van der Waals surface area (Å²) in [7, 11) is 0. The summed E-state index contributed by atoms with van der Waals surface area (Å²) in [4.78, 5) is 4.94. The second-order valence-corrected chi connectivity index (χ2v) is 8.42. The molecule has 1 aliphatic rings. The monoisotopic (exact) mass is 400 g/mol. The molecule has 0 heterocycles. The first kappa shape index (κ1) is 21.8. The van der Waals surface area contributed by atoms with Crippen LogP contribution in [0.15, 0.2) is 47.6 Å². The minimum absolute atomic E-state index is 0.0313. The molecule has 0 fully saturated rings. The largest absolute Gasteiger partial charge is 0.490 e. The Bertz CT molecular complexity index is 1010. The smallest absolute Gasteiger partial charge is 0.137 e. The van der Waals surface area contributed by atoms with Crippen molar-refractivity contribution in [2.45, 2.75) is 66.4 Å². The summed E-state index contributed by atoms with van der Waals surface area (Å²) >= 11 is 0. The van der Waals surface area contributed by atoms with Gasteiger partial charge in [0.05, 0.1) is 17.4 Å². The van der Waals surface area contributed by atoms with E-state index >= 15 is 0 Å². The maximum atomic E-state index is 9.61. The van der Waals surface area contributed by atoms with Crippen molar-refractivity contribution < 1.29 is 4.74 Å². The highest BCUT2D eigenvalue weighted by Crippen LogP contribution is 2.30. The van der Waals surface area contributed by atoms with Gasteiger partial charge in [0.1, 0.15) is 11.8 Å². The van der Waals surface area contributed by atoms with Gasteiger partial charge in [-0.1, -0.05) is 32.0 Å². The van der Waals surface area contributed by atoms with Crippen LogP contribution < -0.4 is 4.74 Å². The standard InChI is InChI=1S/C27H32N2O/c1-6-19(4)27(22-13-14-26(30-18(2)3)23(15-22)16-28)29-17-20(5)24-11-7-9-21-10-8-12-25(21)24/h7,9,11,13-15,17-19H,6,8,10,12H2,1-5H3/b20-17+,29-27?. The van der Waals surface area contributed by atoms with Gasteiger partial charge in [-0.05, 0) is 98.4 Å². The molecule has 0 aliphatic heterocycles. The van der Waals surface area contributed by atoms with E-state index in [9.17, 15) is 5.26 Å². The molecule has 156 valence electrons. The first-order valence-electron chi connectivity index (χ1n) is 11.0. The first-order chi connectivity index (χ1) is 14.4. The zero-order valence-electron chi connectivity index (χ0n) is 18.8. The van der Waals surface area contributed by atoms with Crippen molar-refractivity contribution >= 4 is 11.3 Å². The molecule has 0 bridgehead atoms. The van der Waals surface area contributed by atoms with Crippen molar-refractivity contribution in [3.63, 3.8) is 0 Å². The van der Waals surface area contributed by atoms with Crippen LogP contribution in [0.3, 0.4) is 0 Å². The summed E-state index contributed by atoms with van der Waals surface area (Å²) in [6.45, 7) is 10.4. The topological polar surface area (TPSA) is 45.4 Å². The molecule has 1 aliphatic carbocycles. The number of allylic oxidation sites excluding steroid dienone is 1. The Morgan fingerprint density at radius 3 is 2.70 bits per heavy atom. The number of nitrogens with zero attached hydrogens (tertiary/aromatic N) is 2. The average Bonchev–Trinajstić information content (AvgIpc) is 3.22. The third-order valence-electron chi connectivity index (χ3n) is 5.81. The highest BCUT2D eigenvalue weighted by atomic mass is 16.5. The number of aryl methyl sites for hydroxylation is 1. The Kier molecular flexibility index (Phi) is 7.11.